The van der Waals surface area contributed by atoms with Gasteiger partial charge in [-0.05, 0) is 24.3 Å². The summed E-state index contributed by atoms with van der Waals surface area (Å²) in [6, 6.07) is 12.9. The maximum atomic E-state index is 13.7. The van der Waals surface area contributed by atoms with Crippen molar-refractivity contribution in [2.75, 3.05) is 31.5 Å². The molecule has 0 aliphatic heterocycles. The van der Waals surface area contributed by atoms with Crippen molar-refractivity contribution < 1.29 is 18.7 Å². The van der Waals surface area contributed by atoms with Gasteiger partial charge in [0.25, 0.3) is 0 Å². The van der Waals surface area contributed by atoms with Gasteiger partial charge in [0.15, 0.2) is 0 Å². The second kappa shape index (κ2) is 9.01. The average Bonchev–Trinajstić information content (AvgIpc) is 3.10. The smallest absolute Gasteiger partial charge is 0.326 e. The predicted molar refractivity (Wildman–Crippen MR) is 105 cm³/mol. The third kappa shape index (κ3) is 4.47. The fraction of sp³-hybridized carbons (Fsp3) is 0.200. The van der Waals surface area contributed by atoms with Gasteiger partial charge in [-0.2, -0.15) is 0 Å². The van der Waals surface area contributed by atoms with Crippen LogP contribution in [-0.2, 0) is 11.3 Å². The number of hydrogen-bond acceptors (Lipinski definition) is 4. The summed E-state index contributed by atoms with van der Waals surface area (Å²) in [5.74, 6) is 0.518. The summed E-state index contributed by atoms with van der Waals surface area (Å²) in [4.78, 5) is 16.6. The van der Waals surface area contributed by atoms with E-state index < -0.39 is 11.8 Å². The quantitative estimate of drug-likeness (QED) is 0.646. The Morgan fingerprint density at radius 3 is 2.71 bits per heavy atom. The highest BCUT2D eigenvalue weighted by Gasteiger charge is 2.15. The van der Waals surface area contributed by atoms with E-state index in [-0.39, 0.29) is 5.69 Å². The summed E-state index contributed by atoms with van der Waals surface area (Å²) in [6.45, 7) is 0.898. The first-order valence-electron chi connectivity index (χ1n) is 8.64. The molecule has 0 aliphatic rings. The minimum absolute atomic E-state index is 0.0861. The molecule has 8 heteroatoms. The lowest BCUT2D eigenvalue weighted by Gasteiger charge is -2.13. The molecule has 2 amide bonds. The van der Waals surface area contributed by atoms with Crippen LogP contribution < -0.4 is 15.4 Å². The molecule has 3 rings (SSSR count). The standard InChI is InChI=1S/C20H21FN4O3/c1-27-11-10-25-18(14-6-5-7-15(12-14)28-2)13-22-19(25)24-20(26)23-17-9-4-3-8-16(17)21/h3-9,12-13H,10-11H2,1-2H3,(H2,22,23,24,26). The lowest BCUT2D eigenvalue weighted by molar-refractivity contribution is 0.188. The van der Waals surface area contributed by atoms with Crippen LogP contribution in [0.4, 0.5) is 20.8 Å². The van der Waals surface area contributed by atoms with Crippen molar-refractivity contribution in [3.63, 3.8) is 0 Å². The summed E-state index contributed by atoms with van der Waals surface area (Å²) in [5, 5.41) is 5.14. The number of carbonyl (C=O) groups is 1. The zero-order valence-electron chi connectivity index (χ0n) is 15.6. The van der Waals surface area contributed by atoms with Crippen LogP contribution in [0.5, 0.6) is 5.75 Å². The van der Waals surface area contributed by atoms with Crippen molar-refractivity contribution in [3.8, 4) is 17.0 Å². The van der Waals surface area contributed by atoms with Crippen LogP contribution in [0.2, 0.25) is 0 Å². The molecule has 0 atom stereocenters. The van der Waals surface area contributed by atoms with E-state index in [0.717, 1.165) is 11.3 Å². The minimum Gasteiger partial charge on any atom is -0.497 e. The van der Waals surface area contributed by atoms with Gasteiger partial charge in [-0.1, -0.05) is 24.3 Å². The maximum Gasteiger partial charge on any atom is 0.326 e. The Balaban J connectivity index is 1.85. The molecule has 0 unspecified atom stereocenters. The summed E-state index contributed by atoms with van der Waals surface area (Å²) < 4.78 is 26.0. The highest BCUT2D eigenvalue weighted by Crippen LogP contribution is 2.26. The van der Waals surface area contributed by atoms with Crippen LogP contribution in [0.25, 0.3) is 11.3 Å². The zero-order valence-corrected chi connectivity index (χ0v) is 15.6. The van der Waals surface area contributed by atoms with Crippen molar-refractivity contribution >= 4 is 17.7 Å². The lowest BCUT2D eigenvalue weighted by atomic mass is 10.1. The summed E-state index contributed by atoms with van der Waals surface area (Å²) in [5.41, 5.74) is 1.76. The average molecular weight is 384 g/mol. The van der Waals surface area contributed by atoms with Crippen LogP contribution >= 0.6 is 0 Å². The Labute approximate surface area is 162 Å². The Morgan fingerprint density at radius 2 is 1.96 bits per heavy atom. The van der Waals surface area contributed by atoms with Crippen LogP contribution in [0.3, 0.4) is 0 Å². The molecule has 146 valence electrons. The van der Waals surface area contributed by atoms with Gasteiger partial charge in [0.05, 0.1) is 31.3 Å². The molecule has 1 heterocycles. The molecule has 7 nitrogen and oxygen atoms in total. The van der Waals surface area contributed by atoms with E-state index in [9.17, 15) is 9.18 Å². The molecule has 2 aromatic carbocycles. The number of hydrogen-bond donors (Lipinski definition) is 2. The van der Waals surface area contributed by atoms with Crippen LogP contribution in [0.1, 0.15) is 0 Å². The zero-order chi connectivity index (χ0) is 19.9. The molecule has 1 aromatic heterocycles. The third-order valence-corrected chi connectivity index (χ3v) is 4.09. The van der Waals surface area contributed by atoms with E-state index in [2.05, 4.69) is 15.6 Å². The van der Waals surface area contributed by atoms with Gasteiger partial charge in [0.1, 0.15) is 11.6 Å². The molecular formula is C20H21FN4O3. The molecule has 2 N–H and O–H groups in total. The monoisotopic (exact) mass is 384 g/mol. The third-order valence-electron chi connectivity index (χ3n) is 4.09. The Kier molecular flexibility index (Phi) is 6.23. The number of methoxy groups -OCH3 is 2. The van der Waals surface area contributed by atoms with E-state index in [1.165, 1.54) is 12.1 Å². The Hall–Kier alpha value is -3.39. The topological polar surface area (TPSA) is 77.4 Å². The molecule has 0 radical (unpaired) electrons. The maximum absolute atomic E-state index is 13.7. The number of benzene rings is 2. The summed E-state index contributed by atoms with van der Waals surface area (Å²) >= 11 is 0. The number of carbonyl (C=O) groups excluding carboxylic acids is 1. The molecule has 28 heavy (non-hydrogen) atoms. The SMILES string of the molecule is COCCn1c(-c2cccc(OC)c2)cnc1NC(=O)Nc1ccccc1F. The second-order valence-corrected chi connectivity index (χ2v) is 5.90. The fourth-order valence-electron chi connectivity index (χ4n) is 2.71. The van der Waals surface area contributed by atoms with Crippen LogP contribution in [0.15, 0.2) is 54.7 Å². The van der Waals surface area contributed by atoms with Crippen molar-refractivity contribution in [2.24, 2.45) is 0 Å². The van der Waals surface area contributed by atoms with Crippen LogP contribution in [-0.4, -0.2) is 36.4 Å². The number of aromatic nitrogens is 2. The largest absolute Gasteiger partial charge is 0.497 e. The Bertz CT molecular complexity index is 958. The van der Waals surface area contributed by atoms with E-state index in [0.29, 0.717) is 24.8 Å². The number of anilines is 2. The number of rotatable bonds is 7. The molecule has 0 bridgehead atoms. The van der Waals surface area contributed by atoms with Crippen molar-refractivity contribution in [1.29, 1.82) is 0 Å². The van der Waals surface area contributed by atoms with Gasteiger partial charge >= 0.3 is 6.03 Å². The van der Waals surface area contributed by atoms with Crippen molar-refractivity contribution in [2.45, 2.75) is 6.54 Å². The molecule has 0 spiro atoms. The summed E-state index contributed by atoms with van der Waals surface area (Å²) in [6.07, 6.45) is 1.66. The molecule has 0 saturated carbocycles. The van der Waals surface area contributed by atoms with Gasteiger partial charge in [0.2, 0.25) is 5.95 Å². The number of ether oxygens (including phenoxy) is 2. The van der Waals surface area contributed by atoms with Gasteiger partial charge in [-0.15, -0.1) is 0 Å². The van der Waals surface area contributed by atoms with E-state index in [1.54, 1.807) is 32.5 Å². The number of urea groups is 1. The predicted octanol–water partition coefficient (Wildman–Crippen LogP) is 3.99. The van der Waals surface area contributed by atoms with Crippen molar-refractivity contribution in [3.05, 3.63) is 60.5 Å². The molecule has 0 saturated heterocycles. The molecule has 0 fully saturated rings. The number of amides is 2. The molecule has 3 aromatic rings. The lowest BCUT2D eigenvalue weighted by Crippen LogP contribution is -2.23. The van der Waals surface area contributed by atoms with E-state index >= 15 is 0 Å². The highest BCUT2D eigenvalue weighted by molar-refractivity contribution is 5.99. The fourth-order valence-corrected chi connectivity index (χ4v) is 2.71. The number of halogens is 1. The Morgan fingerprint density at radius 1 is 1.14 bits per heavy atom. The number of imidazole rings is 1. The first kappa shape index (κ1) is 19.4. The second-order valence-electron chi connectivity index (χ2n) is 5.90. The number of nitrogens with zero attached hydrogens (tertiary/aromatic N) is 2. The molecule has 0 aliphatic carbocycles. The normalized spacial score (nSPS) is 10.5. The van der Waals surface area contributed by atoms with E-state index in [4.69, 9.17) is 9.47 Å². The van der Waals surface area contributed by atoms with Gasteiger partial charge in [-0.3, -0.25) is 5.32 Å². The van der Waals surface area contributed by atoms with Crippen molar-refractivity contribution in [1.82, 2.24) is 9.55 Å². The first-order valence-corrected chi connectivity index (χ1v) is 8.64. The molecular weight excluding hydrogens is 363 g/mol. The van der Waals surface area contributed by atoms with Gasteiger partial charge in [-0.25, -0.2) is 14.2 Å². The minimum atomic E-state index is -0.591. The van der Waals surface area contributed by atoms with Gasteiger partial charge in [0, 0.05) is 19.2 Å². The number of nitrogens with one attached hydrogen (secondary N) is 2. The number of para-hydroxylation sites is 1. The van der Waals surface area contributed by atoms with E-state index in [1.807, 2.05) is 28.8 Å². The highest BCUT2D eigenvalue weighted by atomic mass is 19.1. The van der Waals surface area contributed by atoms with Crippen LogP contribution in [0, 0.1) is 5.82 Å². The first-order chi connectivity index (χ1) is 13.6. The van der Waals surface area contributed by atoms with Gasteiger partial charge < -0.3 is 19.4 Å². The summed E-state index contributed by atoms with van der Waals surface area (Å²) in [7, 11) is 3.20.